The number of hydrogen-bond acceptors (Lipinski definition) is 3. The molecule has 0 radical (unpaired) electrons. The number of carbonyl (C=O) groups excluding carboxylic acids is 1. The summed E-state index contributed by atoms with van der Waals surface area (Å²) in [6.07, 6.45) is 2.82. The Morgan fingerprint density at radius 1 is 1.33 bits per heavy atom. The molecule has 0 fully saturated rings. The molecule has 0 saturated heterocycles. The van der Waals surface area contributed by atoms with E-state index in [9.17, 15) is 4.79 Å². The lowest BCUT2D eigenvalue weighted by Gasteiger charge is -2.15. The van der Waals surface area contributed by atoms with Crippen LogP contribution in [-0.4, -0.2) is 24.2 Å². The molecule has 0 spiro atoms. The standard InChI is InChI=1S/C17H26N2OS/c1-5-11-18-13(3)15-7-9-16(10-8-15)21-14(4)17(20)19-12-6-2/h6-10,13-14,18H,2,5,11-12H2,1,3-4H3,(H,19,20). The molecule has 0 bridgehead atoms. The van der Waals surface area contributed by atoms with E-state index in [1.165, 1.54) is 5.56 Å². The summed E-state index contributed by atoms with van der Waals surface area (Å²) in [5.41, 5.74) is 1.27. The van der Waals surface area contributed by atoms with Crippen LogP contribution in [0.1, 0.15) is 38.8 Å². The minimum absolute atomic E-state index is 0.0435. The molecule has 1 amide bonds. The smallest absolute Gasteiger partial charge is 0.233 e. The Kier molecular flexibility index (Phi) is 8.16. The van der Waals surface area contributed by atoms with E-state index in [-0.39, 0.29) is 11.2 Å². The third-order valence-corrected chi connectivity index (χ3v) is 4.30. The fraction of sp³-hybridized carbons (Fsp3) is 0.471. The van der Waals surface area contributed by atoms with E-state index in [2.05, 4.69) is 55.3 Å². The molecule has 21 heavy (non-hydrogen) atoms. The van der Waals surface area contributed by atoms with Crippen LogP contribution in [0.25, 0.3) is 0 Å². The summed E-state index contributed by atoms with van der Waals surface area (Å²) in [5.74, 6) is 0.0435. The summed E-state index contributed by atoms with van der Waals surface area (Å²) in [7, 11) is 0. The number of rotatable bonds is 9. The highest BCUT2D eigenvalue weighted by molar-refractivity contribution is 8.00. The monoisotopic (exact) mass is 306 g/mol. The molecule has 0 aliphatic rings. The molecule has 2 N–H and O–H groups in total. The molecule has 0 aromatic heterocycles. The van der Waals surface area contributed by atoms with Gasteiger partial charge in [0.25, 0.3) is 0 Å². The number of benzene rings is 1. The van der Waals surface area contributed by atoms with Gasteiger partial charge in [-0.15, -0.1) is 18.3 Å². The third-order valence-electron chi connectivity index (χ3n) is 3.18. The van der Waals surface area contributed by atoms with Gasteiger partial charge in [0.2, 0.25) is 5.91 Å². The molecule has 2 unspecified atom stereocenters. The highest BCUT2D eigenvalue weighted by Crippen LogP contribution is 2.25. The zero-order valence-corrected chi connectivity index (χ0v) is 14.0. The van der Waals surface area contributed by atoms with Crippen molar-refractivity contribution in [1.82, 2.24) is 10.6 Å². The Morgan fingerprint density at radius 3 is 2.57 bits per heavy atom. The van der Waals surface area contributed by atoms with Crippen molar-refractivity contribution in [1.29, 1.82) is 0 Å². The van der Waals surface area contributed by atoms with Crippen LogP contribution >= 0.6 is 11.8 Å². The van der Waals surface area contributed by atoms with Crippen LogP contribution in [-0.2, 0) is 4.79 Å². The SMILES string of the molecule is C=CCNC(=O)C(C)Sc1ccc(C(C)NCCC)cc1. The number of hydrogen-bond donors (Lipinski definition) is 2. The normalized spacial score (nSPS) is 13.5. The van der Waals surface area contributed by atoms with Gasteiger partial charge in [0.1, 0.15) is 0 Å². The lowest BCUT2D eigenvalue weighted by molar-refractivity contribution is -0.120. The molecular weight excluding hydrogens is 280 g/mol. The second-order valence-electron chi connectivity index (χ2n) is 5.04. The first-order valence-electron chi connectivity index (χ1n) is 7.47. The Bertz CT molecular complexity index is 445. The van der Waals surface area contributed by atoms with Crippen molar-refractivity contribution in [2.24, 2.45) is 0 Å². The van der Waals surface area contributed by atoms with Crippen LogP contribution in [0.15, 0.2) is 41.8 Å². The Morgan fingerprint density at radius 2 is 2.00 bits per heavy atom. The molecule has 0 saturated carbocycles. The lowest BCUT2D eigenvalue weighted by atomic mass is 10.1. The van der Waals surface area contributed by atoms with Crippen molar-refractivity contribution in [2.75, 3.05) is 13.1 Å². The van der Waals surface area contributed by atoms with Crippen molar-refractivity contribution in [3.8, 4) is 0 Å². The lowest BCUT2D eigenvalue weighted by Crippen LogP contribution is -2.30. The van der Waals surface area contributed by atoms with Crippen molar-refractivity contribution >= 4 is 17.7 Å². The summed E-state index contributed by atoms with van der Waals surface area (Å²) < 4.78 is 0. The van der Waals surface area contributed by atoms with Gasteiger partial charge in [-0.1, -0.05) is 25.1 Å². The number of amides is 1. The Labute approximate surface area is 132 Å². The zero-order chi connectivity index (χ0) is 15.7. The van der Waals surface area contributed by atoms with E-state index < -0.39 is 0 Å². The van der Waals surface area contributed by atoms with Gasteiger partial charge < -0.3 is 10.6 Å². The van der Waals surface area contributed by atoms with Gasteiger partial charge in [-0.2, -0.15) is 0 Å². The fourth-order valence-corrected chi connectivity index (χ4v) is 2.78. The molecule has 1 aromatic carbocycles. The molecule has 0 aliphatic heterocycles. The average molecular weight is 306 g/mol. The van der Waals surface area contributed by atoms with Crippen LogP contribution in [0.5, 0.6) is 0 Å². The third kappa shape index (κ3) is 6.36. The molecule has 1 aromatic rings. The average Bonchev–Trinajstić information content (AvgIpc) is 2.50. The highest BCUT2D eigenvalue weighted by Gasteiger charge is 2.13. The van der Waals surface area contributed by atoms with Crippen LogP contribution in [0.3, 0.4) is 0 Å². The van der Waals surface area contributed by atoms with Crippen molar-refractivity contribution in [2.45, 2.75) is 43.4 Å². The largest absolute Gasteiger partial charge is 0.352 e. The van der Waals surface area contributed by atoms with Gasteiger partial charge in [0.15, 0.2) is 0 Å². The minimum Gasteiger partial charge on any atom is -0.352 e. The summed E-state index contributed by atoms with van der Waals surface area (Å²) in [5, 5.41) is 6.18. The number of thioether (sulfide) groups is 1. The van der Waals surface area contributed by atoms with E-state index >= 15 is 0 Å². The highest BCUT2D eigenvalue weighted by atomic mass is 32.2. The van der Waals surface area contributed by atoms with Gasteiger partial charge >= 0.3 is 0 Å². The maximum Gasteiger partial charge on any atom is 0.233 e. The van der Waals surface area contributed by atoms with Crippen molar-refractivity contribution < 1.29 is 4.79 Å². The van der Waals surface area contributed by atoms with Crippen LogP contribution in [0.2, 0.25) is 0 Å². The quantitative estimate of drug-likeness (QED) is 0.542. The van der Waals surface area contributed by atoms with Crippen LogP contribution in [0.4, 0.5) is 0 Å². The molecule has 4 heteroatoms. The first-order valence-corrected chi connectivity index (χ1v) is 8.35. The Hall–Kier alpha value is -1.26. The predicted molar refractivity (Wildman–Crippen MR) is 91.7 cm³/mol. The van der Waals surface area contributed by atoms with Crippen LogP contribution < -0.4 is 10.6 Å². The van der Waals surface area contributed by atoms with Gasteiger partial charge in [0.05, 0.1) is 5.25 Å². The van der Waals surface area contributed by atoms with Gasteiger partial charge in [-0.25, -0.2) is 0 Å². The van der Waals surface area contributed by atoms with E-state index in [4.69, 9.17) is 0 Å². The molecular formula is C17H26N2OS. The minimum atomic E-state index is -0.105. The van der Waals surface area contributed by atoms with E-state index in [0.29, 0.717) is 12.6 Å². The number of carbonyl (C=O) groups is 1. The van der Waals surface area contributed by atoms with Gasteiger partial charge in [-0.3, -0.25) is 4.79 Å². The number of nitrogens with one attached hydrogen (secondary N) is 2. The molecule has 2 atom stereocenters. The molecule has 116 valence electrons. The van der Waals surface area contributed by atoms with Crippen molar-refractivity contribution in [3.05, 3.63) is 42.5 Å². The summed E-state index contributed by atoms with van der Waals surface area (Å²) in [6, 6.07) is 8.79. The van der Waals surface area contributed by atoms with Gasteiger partial charge in [-0.05, 0) is 44.5 Å². The first-order chi connectivity index (χ1) is 10.1. The topological polar surface area (TPSA) is 41.1 Å². The van der Waals surface area contributed by atoms with E-state index in [1.807, 2.05) is 6.92 Å². The van der Waals surface area contributed by atoms with E-state index in [0.717, 1.165) is 17.9 Å². The van der Waals surface area contributed by atoms with Crippen LogP contribution in [0, 0.1) is 0 Å². The van der Waals surface area contributed by atoms with E-state index in [1.54, 1.807) is 17.8 Å². The van der Waals surface area contributed by atoms with Gasteiger partial charge in [0, 0.05) is 17.5 Å². The zero-order valence-electron chi connectivity index (χ0n) is 13.2. The first kappa shape index (κ1) is 17.8. The maximum absolute atomic E-state index is 11.8. The second kappa shape index (κ2) is 9.64. The predicted octanol–water partition coefficient (Wildman–Crippen LogP) is 3.53. The Balaban J connectivity index is 2.53. The molecule has 0 aliphatic carbocycles. The fourth-order valence-electron chi connectivity index (χ4n) is 1.89. The molecule has 0 heterocycles. The second-order valence-corrected chi connectivity index (χ2v) is 6.45. The summed E-state index contributed by atoms with van der Waals surface area (Å²) >= 11 is 1.57. The summed E-state index contributed by atoms with van der Waals surface area (Å²) in [4.78, 5) is 12.9. The maximum atomic E-state index is 11.8. The summed E-state index contributed by atoms with van der Waals surface area (Å²) in [6.45, 7) is 11.4. The molecule has 1 rings (SSSR count). The van der Waals surface area contributed by atoms with Crippen molar-refractivity contribution in [3.63, 3.8) is 0 Å². The molecule has 3 nitrogen and oxygen atoms in total.